The first-order valence-corrected chi connectivity index (χ1v) is 15.6. The SMILES string of the molecule is Cc1cccc(C)c1-c1cc(-c2nc3ccccc3n2-c2c(C(C)C)cccc2C(C)C)cc2cc(-c3ccccc3)oc12. The second-order valence-electron chi connectivity index (χ2n) is 12.5. The lowest BCUT2D eigenvalue weighted by Crippen LogP contribution is -2.08. The number of hydrogen-bond acceptors (Lipinski definition) is 2. The van der Waals surface area contributed by atoms with Crippen molar-refractivity contribution in [1.82, 2.24) is 9.55 Å². The molecule has 0 saturated heterocycles. The molecule has 0 amide bonds. The summed E-state index contributed by atoms with van der Waals surface area (Å²) in [7, 11) is 0. The van der Waals surface area contributed by atoms with Crippen molar-refractivity contribution in [3.63, 3.8) is 0 Å². The van der Waals surface area contributed by atoms with Crippen LogP contribution in [0.15, 0.2) is 114 Å². The van der Waals surface area contributed by atoms with Crippen molar-refractivity contribution in [1.29, 1.82) is 0 Å². The van der Waals surface area contributed by atoms with Crippen molar-refractivity contribution in [2.75, 3.05) is 0 Å². The lowest BCUT2D eigenvalue weighted by Gasteiger charge is -2.23. The predicted molar refractivity (Wildman–Crippen MR) is 185 cm³/mol. The smallest absolute Gasteiger partial charge is 0.145 e. The van der Waals surface area contributed by atoms with E-state index in [0.717, 1.165) is 50.3 Å². The average Bonchev–Trinajstić information content (AvgIpc) is 3.63. The highest BCUT2D eigenvalue weighted by molar-refractivity contribution is 6.00. The molecule has 0 unspecified atom stereocenters. The van der Waals surface area contributed by atoms with Gasteiger partial charge in [0.25, 0.3) is 0 Å². The second kappa shape index (κ2) is 11.0. The van der Waals surface area contributed by atoms with E-state index in [-0.39, 0.29) is 0 Å². The molecule has 0 saturated carbocycles. The van der Waals surface area contributed by atoms with Crippen LogP contribution < -0.4 is 0 Å². The minimum Gasteiger partial charge on any atom is -0.455 e. The monoisotopic (exact) mass is 574 g/mol. The molecule has 5 aromatic carbocycles. The van der Waals surface area contributed by atoms with Gasteiger partial charge in [-0.1, -0.05) is 107 Å². The summed E-state index contributed by atoms with van der Waals surface area (Å²) in [6.45, 7) is 13.5. The van der Waals surface area contributed by atoms with Crippen molar-refractivity contribution in [3.8, 4) is 39.5 Å². The van der Waals surface area contributed by atoms with Crippen LogP contribution in [0.1, 0.15) is 61.8 Å². The van der Waals surface area contributed by atoms with Crippen molar-refractivity contribution in [2.24, 2.45) is 0 Å². The first kappa shape index (κ1) is 27.9. The van der Waals surface area contributed by atoms with E-state index in [2.05, 4.69) is 149 Å². The zero-order valence-corrected chi connectivity index (χ0v) is 26.3. The molecule has 2 aromatic heterocycles. The number of para-hydroxylation sites is 3. The molecule has 0 aliphatic rings. The Bertz CT molecular complexity index is 2100. The molecular weight excluding hydrogens is 536 g/mol. The number of hydrogen-bond donors (Lipinski definition) is 0. The molecule has 44 heavy (non-hydrogen) atoms. The van der Waals surface area contributed by atoms with E-state index >= 15 is 0 Å². The fourth-order valence-electron chi connectivity index (χ4n) is 6.67. The number of rotatable bonds is 6. The van der Waals surface area contributed by atoms with Gasteiger partial charge >= 0.3 is 0 Å². The number of furan rings is 1. The third-order valence-electron chi connectivity index (χ3n) is 8.81. The van der Waals surface area contributed by atoms with Crippen LogP contribution >= 0.6 is 0 Å². The molecule has 0 radical (unpaired) electrons. The third-order valence-corrected chi connectivity index (χ3v) is 8.81. The second-order valence-corrected chi connectivity index (χ2v) is 12.5. The Kier molecular flexibility index (Phi) is 6.97. The van der Waals surface area contributed by atoms with Gasteiger partial charge in [0.05, 0.1) is 16.7 Å². The Morgan fingerprint density at radius 3 is 1.95 bits per heavy atom. The lowest BCUT2D eigenvalue weighted by molar-refractivity contribution is 0.632. The summed E-state index contributed by atoms with van der Waals surface area (Å²) in [6, 6.07) is 38.9. The standard InChI is InChI=1S/C41H38N2O/c1-25(2)32-18-13-19-33(26(3)4)39(32)43-36-21-11-10-20-35(36)42-41(43)31-22-30-24-37(29-16-8-7-9-17-29)44-40(30)34(23-31)38-27(5)14-12-15-28(38)6/h7-26H,1-6H3. The van der Waals surface area contributed by atoms with Gasteiger partial charge in [0.15, 0.2) is 0 Å². The molecule has 218 valence electrons. The van der Waals surface area contributed by atoms with Crippen LogP contribution in [0.5, 0.6) is 0 Å². The summed E-state index contributed by atoms with van der Waals surface area (Å²) in [4.78, 5) is 5.34. The molecule has 0 bridgehead atoms. The highest BCUT2D eigenvalue weighted by Gasteiger charge is 2.24. The minimum absolute atomic E-state index is 0.354. The van der Waals surface area contributed by atoms with Gasteiger partial charge in [-0.05, 0) is 83.8 Å². The van der Waals surface area contributed by atoms with Gasteiger partial charge in [0.2, 0.25) is 0 Å². The van der Waals surface area contributed by atoms with E-state index in [1.165, 1.54) is 33.5 Å². The molecule has 0 spiro atoms. The fourth-order valence-corrected chi connectivity index (χ4v) is 6.67. The molecule has 3 heteroatoms. The molecule has 0 N–H and O–H groups in total. The van der Waals surface area contributed by atoms with Gasteiger partial charge in [-0.15, -0.1) is 0 Å². The Balaban J connectivity index is 1.59. The molecule has 2 heterocycles. The van der Waals surface area contributed by atoms with Gasteiger partial charge in [-0.2, -0.15) is 0 Å². The molecule has 0 aliphatic carbocycles. The first-order chi connectivity index (χ1) is 21.3. The maximum absolute atomic E-state index is 6.69. The number of aryl methyl sites for hydroxylation is 2. The van der Waals surface area contributed by atoms with Gasteiger partial charge in [-0.3, -0.25) is 4.57 Å². The number of imidazole rings is 1. The molecule has 0 atom stereocenters. The molecule has 0 aliphatic heterocycles. The van der Waals surface area contributed by atoms with Crippen LogP contribution in [0.4, 0.5) is 0 Å². The topological polar surface area (TPSA) is 31.0 Å². The van der Waals surface area contributed by atoms with Gasteiger partial charge in [0, 0.05) is 22.1 Å². The van der Waals surface area contributed by atoms with Crippen LogP contribution in [-0.4, -0.2) is 9.55 Å². The van der Waals surface area contributed by atoms with Gasteiger partial charge in [-0.25, -0.2) is 4.98 Å². The molecule has 7 aromatic rings. The summed E-state index contributed by atoms with van der Waals surface area (Å²) >= 11 is 0. The Labute approximate surface area is 259 Å². The highest BCUT2D eigenvalue weighted by atomic mass is 16.3. The van der Waals surface area contributed by atoms with Gasteiger partial charge in [0.1, 0.15) is 17.2 Å². The quantitative estimate of drug-likeness (QED) is 0.198. The normalized spacial score (nSPS) is 11.8. The van der Waals surface area contributed by atoms with Crippen LogP contribution in [0.25, 0.3) is 61.5 Å². The van der Waals surface area contributed by atoms with Crippen molar-refractivity contribution < 1.29 is 4.42 Å². The zero-order valence-electron chi connectivity index (χ0n) is 26.3. The van der Waals surface area contributed by atoms with E-state index in [4.69, 9.17) is 9.40 Å². The maximum atomic E-state index is 6.69. The summed E-state index contributed by atoms with van der Waals surface area (Å²) in [6.07, 6.45) is 0. The van der Waals surface area contributed by atoms with Crippen LogP contribution in [-0.2, 0) is 0 Å². The number of benzene rings is 5. The third kappa shape index (κ3) is 4.64. The molecule has 3 nitrogen and oxygen atoms in total. The van der Waals surface area contributed by atoms with Gasteiger partial charge < -0.3 is 4.42 Å². The summed E-state index contributed by atoms with van der Waals surface area (Å²) in [5.41, 5.74) is 13.8. The summed E-state index contributed by atoms with van der Waals surface area (Å²) < 4.78 is 9.10. The zero-order chi connectivity index (χ0) is 30.5. The number of nitrogens with zero attached hydrogens (tertiary/aromatic N) is 2. The maximum Gasteiger partial charge on any atom is 0.145 e. The van der Waals surface area contributed by atoms with E-state index in [0.29, 0.717) is 11.8 Å². The van der Waals surface area contributed by atoms with E-state index in [1.807, 2.05) is 6.07 Å². The van der Waals surface area contributed by atoms with E-state index in [1.54, 1.807) is 0 Å². The first-order valence-electron chi connectivity index (χ1n) is 15.6. The van der Waals surface area contributed by atoms with Crippen LogP contribution in [0.2, 0.25) is 0 Å². The Hall–Kier alpha value is -4.89. The fraction of sp³-hybridized carbons (Fsp3) is 0.195. The van der Waals surface area contributed by atoms with Crippen LogP contribution in [0, 0.1) is 13.8 Å². The Morgan fingerprint density at radius 1 is 0.636 bits per heavy atom. The lowest BCUT2D eigenvalue weighted by atomic mass is 9.91. The number of aromatic nitrogens is 2. The highest BCUT2D eigenvalue weighted by Crippen LogP contribution is 2.43. The van der Waals surface area contributed by atoms with Crippen LogP contribution in [0.3, 0.4) is 0 Å². The van der Waals surface area contributed by atoms with E-state index in [9.17, 15) is 0 Å². The van der Waals surface area contributed by atoms with Crippen molar-refractivity contribution >= 4 is 22.0 Å². The van der Waals surface area contributed by atoms with Crippen molar-refractivity contribution in [2.45, 2.75) is 53.4 Å². The minimum atomic E-state index is 0.354. The average molecular weight is 575 g/mol. The predicted octanol–water partition coefficient (Wildman–Crippen LogP) is 11.6. The summed E-state index contributed by atoms with van der Waals surface area (Å²) in [5, 5.41) is 1.07. The van der Waals surface area contributed by atoms with E-state index < -0.39 is 0 Å². The molecular formula is C41H38N2O. The molecule has 0 fully saturated rings. The number of fused-ring (bicyclic) bond motifs is 2. The summed E-state index contributed by atoms with van der Waals surface area (Å²) in [5.74, 6) is 2.52. The molecule has 7 rings (SSSR count). The van der Waals surface area contributed by atoms with Crippen molar-refractivity contribution in [3.05, 3.63) is 131 Å². The largest absolute Gasteiger partial charge is 0.455 e. The Morgan fingerprint density at radius 2 is 1.27 bits per heavy atom.